The Morgan fingerprint density at radius 1 is 1.33 bits per heavy atom. The molecule has 0 atom stereocenters. The molecule has 1 heterocycles. The van der Waals surface area contributed by atoms with Gasteiger partial charge in [0.25, 0.3) is 5.91 Å². The second-order valence-corrected chi connectivity index (χ2v) is 4.66. The van der Waals surface area contributed by atoms with Crippen LogP contribution in [0.4, 0.5) is 10.5 Å². The summed E-state index contributed by atoms with van der Waals surface area (Å²) in [5.74, 6) is -2.34. The largest absolute Gasteiger partial charge is 0.478 e. The van der Waals surface area contributed by atoms with Crippen molar-refractivity contribution in [3.05, 3.63) is 28.8 Å². The maximum absolute atomic E-state index is 11.8. The lowest BCUT2D eigenvalue weighted by Gasteiger charge is -2.12. The number of amides is 4. The molecule has 0 aromatic heterocycles. The van der Waals surface area contributed by atoms with Crippen LogP contribution in [0.5, 0.6) is 0 Å². The number of imide groups is 1. The highest BCUT2D eigenvalue weighted by Gasteiger charge is 2.30. The molecule has 1 saturated heterocycles. The van der Waals surface area contributed by atoms with Gasteiger partial charge in [-0.1, -0.05) is 11.6 Å². The molecule has 1 fully saturated rings. The van der Waals surface area contributed by atoms with Gasteiger partial charge in [-0.25, -0.2) is 9.59 Å². The van der Waals surface area contributed by atoms with Crippen LogP contribution in [0.2, 0.25) is 5.02 Å². The second-order valence-electron chi connectivity index (χ2n) is 4.22. The lowest BCUT2D eigenvalue weighted by Crippen LogP contribution is -2.38. The average Bonchev–Trinajstić information content (AvgIpc) is 2.69. The normalized spacial score (nSPS) is 14.0. The molecule has 110 valence electrons. The number of rotatable bonds is 4. The molecule has 1 aliphatic rings. The first-order valence-electron chi connectivity index (χ1n) is 5.79. The Morgan fingerprint density at radius 2 is 2.05 bits per heavy atom. The van der Waals surface area contributed by atoms with Crippen LogP contribution in [0.15, 0.2) is 18.2 Å². The Labute approximate surface area is 123 Å². The molecule has 0 aliphatic carbocycles. The monoisotopic (exact) mass is 311 g/mol. The van der Waals surface area contributed by atoms with Crippen molar-refractivity contribution in [1.82, 2.24) is 10.2 Å². The third kappa shape index (κ3) is 3.48. The Kier molecular flexibility index (Phi) is 4.08. The Bertz CT molecular complexity index is 630. The Hall–Kier alpha value is -2.61. The van der Waals surface area contributed by atoms with Gasteiger partial charge in [-0.15, -0.1) is 0 Å². The first-order chi connectivity index (χ1) is 9.86. The van der Waals surface area contributed by atoms with Crippen molar-refractivity contribution in [2.75, 3.05) is 18.4 Å². The molecule has 0 unspecified atom stereocenters. The summed E-state index contributed by atoms with van der Waals surface area (Å²) in [5.41, 5.74) is 0.0738. The summed E-state index contributed by atoms with van der Waals surface area (Å²) in [5, 5.41) is 13.7. The smallest absolute Gasteiger partial charge is 0.335 e. The van der Waals surface area contributed by atoms with Crippen LogP contribution in [-0.2, 0) is 9.59 Å². The van der Waals surface area contributed by atoms with Gasteiger partial charge in [0.2, 0.25) is 5.91 Å². The number of nitrogens with zero attached hydrogens (tertiary/aromatic N) is 1. The molecule has 4 amide bonds. The number of benzene rings is 1. The standard InChI is InChI=1S/C12H10ClN3O5/c13-7-1-6(11(19)20)2-8(3-7)15-9(17)5-16-10(18)4-14-12(16)21/h1-3H,4-5H2,(H,14,21)(H,15,17)(H,19,20). The lowest BCUT2D eigenvalue weighted by molar-refractivity contribution is -0.128. The van der Waals surface area contributed by atoms with Crippen LogP contribution in [0.3, 0.4) is 0 Å². The molecule has 1 aromatic rings. The van der Waals surface area contributed by atoms with Crippen LogP contribution < -0.4 is 10.6 Å². The van der Waals surface area contributed by atoms with Gasteiger partial charge in [0, 0.05) is 10.7 Å². The molecule has 1 aromatic carbocycles. The van der Waals surface area contributed by atoms with E-state index in [0.29, 0.717) is 0 Å². The van der Waals surface area contributed by atoms with Crippen molar-refractivity contribution in [2.45, 2.75) is 0 Å². The van der Waals surface area contributed by atoms with Gasteiger partial charge in [-0.05, 0) is 18.2 Å². The molecule has 21 heavy (non-hydrogen) atoms. The molecule has 3 N–H and O–H groups in total. The van der Waals surface area contributed by atoms with E-state index >= 15 is 0 Å². The summed E-state index contributed by atoms with van der Waals surface area (Å²) in [6.45, 7) is -0.605. The van der Waals surface area contributed by atoms with Crippen LogP contribution in [-0.4, -0.2) is 46.9 Å². The summed E-state index contributed by atoms with van der Waals surface area (Å²) < 4.78 is 0. The van der Waals surface area contributed by atoms with Crippen molar-refractivity contribution in [3.63, 3.8) is 0 Å². The fourth-order valence-corrected chi connectivity index (χ4v) is 1.98. The number of carbonyl (C=O) groups is 4. The number of nitrogens with one attached hydrogen (secondary N) is 2. The molecule has 1 aliphatic heterocycles. The molecule has 2 rings (SSSR count). The summed E-state index contributed by atoms with van der Waals surface area (Å²) in [6.07, 6.45) is 0. The van der Waals surface area contributed by atoms with E-state index in [1.165, 1.54) is 18.2 Å². The number of carboxylic acids is 1. The minimum atomic E-state index is -1.19. The number of hydrogen-bond donors (Lipinski definition) is 3. The van der Waals surface area contributed by atoms with Crippen LogP contribution in [0.1, 0.15) is 10.4 Å². The van der Waals surface area contributed by atoms with Crippen molar-refractivity contribution in [3.8, 4) is 0 Å². The fourth-order valence-electron chi connectivity index (χ4n) is 1.74. The Balaban J connectivity index is 2.07. The van der Waals surface area contributed by atoms with Gasteiger partial charge >= 0.3 is 12.0 Å². The molecular weight excluding hydrogens is 302 g/mol. The Morgan fingerprint density at radius 3 is 2.62 bits per heavy atom. The number of urea groups is 1. The maximum Gasteiger partial charge on any atom is 0.335 e. The molecule has 0 spiro atoms. The van der Waals surface area contributed by atoms with Crippen molar-refractivity contribution in [1.29, 1.82) is 0 Å². The molecule has 0 radical (unpaired) electrons. The zero-order valence-corrected chi connectivity index (χ0v) is 11.3. The van der Waals surface area contributed by atoms with Crippen LogP contribution >= 0.6 is 11.6 Å². The molecular formula is C12H10ClN3O5. The van der Waals surface area contributed by atoms with E-state index in [1.54, 1.807) is 0 Å². The minimum absolute atomic E-state index is 0.0900. The fraction of sp³-hybridized carbons (Fsp3) is 0.167. The summed E-state index contributed by atoms with van der Waals surface area (Å²) in [6, 6.07) is 3.17. The van der Waals surface area contributed by atoms with Gasteiger partial charge in [-0.3, -0.25) is 14.5 Å². The molecule has 0 bridgehead atoms. The maximum atomic E-state index is 11.8. The van der Waals surface area contributed by atoms with E-state index in [2.05, 4.69) is 10.6 Å². The molecule has 8 nitrogen and oxygen atoms in total. The number of halogens is 1. The van der Waals surface area contributed by atoms with E-state index < -0.39 is 30.4 Å². The number of carboxylic acid groups (broad SMARTS) is 1. The number of anilines is 1. The average molecular weight is 312 g/mol. The van der Waals surface area contributed by atoms with Crippen molar-refractivity contribution < 1.29 is 24.3 Å². The third-order valence-corrected chi connectivity index (χ3v) is 2.89. The van der Waals surface area contributed by atoms with Crippen molar-refractivity contribution >= 4 is 41.1 Å². The van der Waals surface area contributed by atoms with Gasteiger partial charge < -0.3 is 15.7 Å². The van der Waals surface area contributed by atoms with Gasteiger partial charge in [-0.2, -0.15) is 0 Å². The van der Waals surface area contributed by atoms with E-state index in [4.69, 9.17) is 16.7 Å². The number of carbonyl (C=O) groups excluding carboxylic acids is 3. The predicted molar refractivity (Wildman–Crippen MR) is 72.2 cm³/mol. The summed E-state index contributed by atoms with van der Waals surface area (Å²) in [4.78, 5) is 46.0. The van der Waals surface area contributed by atoms with Gasteiger partial charge in [0.15, 0.2) is 0 Å². The lowest BCUT2D eigenvalue weighted by atomic mass is 10.2. The highest BCUT2D eigenvalue weighted by molar-refractivity contribution is 6.31. The van der Waals surface area contributed by atoms with E-state index in [9.17, 15) is 19.2 Å². The number of hydrogen-bond acceptors (Lipinski definition) is 4. The van der Waals surface area contributed by atoms with Crippen LogP contribution in [0, 0.1) is 0 Å². The summed E-state index contributed by atoms with van der Waals surface area (Å²) in [7, 11) is 0. The van der Waals surface area contributed by atoms with Gasteiger partial charge in [0.05, 0.1) is 12.1 Å². The zero-order chi connectivity index (χ0) is 15.6. The van der Waals surface area contributed by atoms with E-state index in [1.807, 2.05) is 0 Å². The zero-order valence-electron chi connectivity index (χ0n) is 10.6. The number of aromatic carboxylic acids is 1. The first-order valence-corrected chi connectivity index (χ1v) is 6.16. The van der Waals surface area contributed by atoms with Crippen LogP contribution in [0.25, 0.3) is 0 Å². The highest BCUT2D eigenvalue weighted by Crippen LogP contribution is 2.19. The quantitative estimate of drug-likeness (QED) is 0.701. The van der Waals surface area contributed by atoms with E-state index in [0.717, 1.165) is 4.90 Å². The molecule has 9 heteroatoms. The summed E-state index contributed by atoms with van der Waals surface area (Å²) >= 11 is 5.75. The first kappa shape index (κ1) is 14.8. The third-order valence-electron chi connectivity index (χ3n) is 2.67. The predicted octanol–water partition coefficient (Wildman–Crippen LogP) is 0.528. The topological polar surface area (TPSA) is 116 Å². The minimum Gasteiger partial charge on any atom is -0.478 e. The SMILES string of the molecule is O=C(CN1C(=O)CNC1=O)Nc1cc(Cl)cc(C(=O)O)c1. The van der Waals surface area contributed by atoms with Crippen molar-refractivity contribution in [2.24, 2.45) is 0 Å². The highest BCUT2D eigenvalue weighted by atomic mass is 35.5. The second kappa shape index (κ2) is 5.80. The van der Waals surface area contributed by atoms with Gasteiger partial charge in [0.1, 0.15) is 6.54 Å². The molecule has 0 saturated carbocycles. The van der Waals surface area contributed by atoms with E-state index in [-0.39, 0.29) is 22.8 Å².